The molecule has 0 aromatic rings. The predicted molar refractivity (Wildman–Crippen MR) is 310 cm³/mol. The molecule has 1 amide bonds. The first-order valence-electron chi connectivity index (χ1n) is 32.1. The van der Waals surface area contributed by atoms with Gasteiger partial charge in [-0.2, -0.15) is 0 Å². The van der Waals surface area contributed by atoms with Crippen molar-refractivity contribution < 1.29 is 24.5 Å². The minimum Gasteiger partial charge on any atom is -0.466 e. The van der Waals surface area contributed by atoms with E-state index < -0.39 is 12.1 Å². The maximum Gasteiger partial charge on any atom is 0.305 e. The summed E-state index contributed by atoms with van der Waals surface area (Å²) in [6, 6.07) is -0.543. The molecule has 0 saturated carbocycles. The summed E-state index contributed by atoms with van der Waals surface area (Å²) in [4.78, 5) is 24.6. The van der Waals surface area contributed by atoms with Crippen LogP contribution >= 0.6 is 0 Å². The third-order valence-corrected chi connectivity index (χ3v) is 15.0. The Morgan fingerprint density at radius 1 is 0.394 bits per heavy atom. The number of nitrogens with one attached hydrogen (secondary N) is 1. The third kappa shape index (κ3) is 57.5. The first-order valence-corrected chi connectivity index (χ1v) is 32.1. The Bertz CT molecular complexity index is 1110. The van der Waals surface area contributed by atoms with Gasteiger partial charge in [0.05, 0.1) is 25.4 Å². The maximum absolute atomic E-state index is 12.5. The highest BCUT2D eigenvalue weighted by atomic mass is 16.5. The van der Waals surface area contributed by atoms with Crippen LogP contribution in [0.4, 0.5) is 0 Å². The molecule has 0 bridgehead atoms. The van der Waals surface area contributed by atoms with Gasteiger partial charge < -0.3 is 20.3 Å². The maximum atomic E-state index is 12.5. The molecule has 2 unspecified atom stereocenters. The van der Waals surface area contributed by atoms with Gasteiger partial charge in [-0.1, -0.05) is 308 Å². The summed E-state index contributed by atoms with van der Waals surface area (Å²) in [6.07, 6.45) is 74.7. The van der Waals surface area contributed by atoms with Gasteiger partial charge in [0.15, 0.2) is 0 Å². The Hall–Kier alpha value is -1.66. The summed E-state index contributed by atoms with van der Waals surface area (Å²) in [5.74, 6) is -0.0305. The van der Waals surface area contributed by atoms with Gasteiger partial charge in [-0.25, -0.2) is 0 Å². The van der Waals surface area contributed by atoms with Crippen molar-refractivity contribution in [2.75, 3.05) is 13.2 Å². The molecular formula is C65H125NO5. The largest absolute Gasteiger partial charge is 0.466 e. The fraction of sp³-hybridized carbons (Fsp3) is 0.908. The highest BCUT2D eigenvalue weighted by Gasteiger charge is 2.20. The normalized spacial score (nSPS) is 12.7. The molecule has 0 rings (SSSR count). The number of rotatable bonds is 60. The van der Waals surface area contributed by atoms with Crippen molar-refractivity contribution in [3.63, 3.8) is 0 Å². The molecule has 6 heteroatoms. The summed E-state index contributed by atoms with van der Waals surface area (Å²) in [7, 11) is 0. The summed E-state index contributed by atoms with van der Waals surface area (Å²) < 4.78 is 5.49. The van der Waals surface area contributed by atoms with Crippen LogP contribution in [0.1, 0.15) is 354 Å². The molecule has 3 N–H and O–H groups in total. The Morgan fingerprint density at radius 2 is 0.704 bits per heavy atom. The minimum atomic E-state index is -0.666. The van der Waals surface area contributed by atoms with Crippen LogP contribution < -0.4 is 5.32 Å². The average Bonchev–Trinajstić information content (AvgIpc) is 3.37. The molecule has 420 valence electrons. The zero-order valence-electron chi connectivity index (χ0n) is 48.0. The van der Waals surface area contributed by atoms with Gasteiger partial charge in [-0.3, -0.25) is 9.59 Å². The molecule has 0 aromatic heterocycles. The van der Waals surface area contributed by atoms with Crippen molar-refractivity contribution in [3.05, 3.63) is 24.3 Å². The van der Waals surface area contributed by atoms with Gasteiger partial charge in [0.2, 0.25) is 5.91 Å². The van der Waals surface area contributed by atoms with Crippen molar-refractivity contribution in [1.82, 2.24) is 5.32 Å². The Labute approximate surface area is 443 Å². The first-order chi connectivity index (χ1) is 35.0. The van der Waals surface area contributed by atoms with Gasteiger partial charge in [-0.15, -0.1) is 0 Å². The van der Waals surface area contributed by atoms with Crippen LogP contribution in [0.3, 0.4) is 0 Å². The number of carbonyl (C=O) groups is 2. The quantitative estimate of drug-likeness (QED) is 0.0320. The SMILES string of the molecule is CCCCCC/C=C\C/C=C\CCCCCCCCCC(=O)OCCCCCCCCCCCCCCCCCCCCCCC(=O)NC(CO)C(O)CCCCCCCCCCCCCCCCCC. The number of allylic oxidation sites excluding steroid dienone is 4. The number of carbonyl (C=O) groups excluding carboxylic acids is 2. The lowest BCUT2D eigenvalue weighted by atomic mass is 10.0. The molecule has 0 fully saturated rings. The fourth-order valence-corrected chi connectivity index (χ4v) is 10.1. The van der Waals surface area contributed by atoms with E-state index >= 15 is 0 Å². The van der Waals surface area contributed by atoms with Crippen molar-refractivity contribution in [2.45, 2.75) is 366 Å². The summed E-state index contributed by atoms with van der Waals surface area (Å²) in [5, 5.41) is 23.3. The summed E-state index contributed by atoms with van der Waals surface area (Å²) in [5.41, 5.74) is 0. The molecule has 0 aliphatic carbocycles. The zero-order valence-corrected chi connectivity index (χ0v) is 48.0. The number of aliphatic hydroxyl groups is 2. The highest BCUT2D eigenvalue weighted by Crippen LogP contribution is 2.18. The number of amides is 1. The summed E-state index contributed by atoms with van der Waals surface area (Å²) in [6.45, 7) is 4.95. The average molecular weight is 1000 g/mol. The van der Waals surface area contributed by atoms with E-state index in [1.807, 2.05) is 0 Å². The molecule has 0 aromatic carbocycles. The van der Waals surface area contributed by atoms with E-state index in [4.69, 9.17) is 4.74 Å². The molecule has 0 spiro atoms. The van der Waals surface area contributed by atoms with Gasteiger partial charge in [0.25, 0.3) is 0 Å². The smallest absolute Gasteiger partial charge is 0.305 e. The van der Waals surface area contributed by atoms with E-state index in [0.29, 0.717) is 25.9 Å². The van der Waals surface area contributed by atoms with E-state index in [1.54, 1.807) is 0 Å². The van der Waals surface area contributed by atoms with E-state index in [2.05, 4.69) is 43.5 Å². The molecule has 0 heterocycles. The fourth-order valence-electron chi connectivity index (χ4n) is 10.1. The number of aliphatic hydroxyl groups excluding tert-OH is 2. The van der Waals surface area contributed by atoms with Crippen LogP contribution in [-0.2, 0) is 14.3 Å². The summed E-state index contributed by atoms with van der Waals surface area (Å²) >= 11 is 0. The topological polar surface area (TPSA) is 95.9 Å². The molecule has 0 radical (unpaired) electrons. The molecule has 0 aliphatic heterocycles. The Kier molecular flexibility index (Phi) is 59.5. The predicted octanol–water partition coefficient (Wildman–Crippen LogP) is 20.2. The second kappa shape index (κ2) is 60.9. The van der Waals surface area contributed by atoms with Crippen molar-refractivity contribution >= 4 is 11.9 Å². The van der Waals surface area contributed by atoms with E-state index in [0.717, 1.165) is 51.4 Å². The van der Waals surface area contributed by atoms with E-state index in [9.17, 15) is 19.8 Å². The van der Waals surface area contributed by atoms with Gasteiger partial charge >= 0.3 is 5.97 Å². The third-order valence-electron chi connectivity index (χ3n) is 15.0. The van der Waals surface area contributed by atoms with Crippen LogP contribution in [0.5, 0.6) is 0 Å². The number of unbranched alkanes of at least 4 members (excludes halogenated alkanes) is 45. The lowest BCUT2D eigenvalue weighted by Gasteiger charge is -2.22. The second-order valence-corrected chi connectivity index (χ2v) is 22.1. The second-order valence-electron chi connectivity index (χ2n) is 22.1. The van der Waals surface area contributed by atoms with Crippen LogP contribution in [0.2, 0.25) is 0 Å². The number of esters is 1. The number of hydrogen-bond acceptors (Lipinski definition) is 5. The van der Waals surface area contributed by atoms with Crippen LogP contribution in [0.25, 0.3) is 0 Å². The minimum absolute atomic E-state index is 0.00394. The lowest BCUT2D eigenvalue weighted by Crippen LogP contribution is -2.45. The Balaban J connectivity index is 3.38. The van der Waals surface area contributed by atoms with Crippen LogP contribution in [0, 0.1) is 0 Å². The van der Waals surface area contributed by atoms with Crippen LogP contribution in [-0.4, -0.2) is 47.4 Å². The van der Waals surface area contributed by atoms with Crippen molar-refractivity contribution in [1.29, 1.82) is 0 Å². The Morgan fingerprint density at radius 3 is 1.08 bits per heavy atom. The van der Waals surface area contributed by atoms with Crippen molar-refractivity contribution in [3.8, 4) is 0 Å². The molecular weight excluding hydrogens is 875 g/mol. The van der Waals surface area contributed by atoms with Gasteiger partial charge in [0, 0.05) is 12.8 Å². The van der Waals surface area contributed by atoms with Gasteiger partial charge in [0.1, 0.15) is 0 Å². The van der Waals surface area contributed by atoms with E-state index in [1.165, 1.54) is 270 Å². The molecule has 0 saturated heterocycles. The monoisotopic (exact) mass is 1000 g/mol. The van der Waals surface area contributed by atoms with Crippen LogP contribution in [0.15, 0.2) is 24.3 Å². The van der Waals surface area contributed by atoms with Crippen molar-refractivity contribution in [2.24, 2.45) is 0 Å². The highest BCUT2D eigenvalue weighted by molar-refractivity contribution is 5.76. The number of ether oxygens (including phenoxy) is 1. The molecule has 0 aliphatic rings. The zero-order chi connectivity index (χ0) is 51.4. The number of hydrogen-bond donors (Lipinski definition) is 3. The standard InChI is InChI=1S/C65H125NO5/c1-3-5-7-9-11-13-15-17-19-21-27-31-35-39-43-47-51-55-59-65(70)71-60-56-52-48-44-40-36-32-28-25-23-22-24-26-30-34-38-42-46-50-54-58-64(69)66-62(61-67)63(68)57-53-49-45-41-37-33-29-20-18-16-14-12-10-8-6-4-2/h13,15,19,21,62-63,67-68H,3-12,14,16-18,20,22-61H2,1-2H3,(H,66,69)/b15-13-,21-19-. The van der Waals surface area contributed by atoms with E-state index in [-0.39, 0.29) is 18.5 Å². The molecule has 2 atom stereocenters. The van der Waals surface area contributed by atoms with Gasteiger partial charge in [-0.05, 0) is 57.8 Å². The molecule has 71 heavy (non-hydrogen) atoms. The molecule has 6 nitrogen and oxygen atoms in total. The lowest BCUT2D eigenvalue weighted by molar-refractivity contribution is -0.143. The first kappa shape index (κ1) is 69.3.